The Balaban J connectivity index is 2.23. The molecule has 3 N–H and O–H groups in total. The maximum Gasteiger partial charge on any atom is 0.241 e. The summed E-state index contributed by atoms with van der Waals surface area (Å²) in [4.78, 5) is 0.314. The Hall–Kier alpha value is -0.910. The lowest BCUT2D eigenvalue weighted by molar-refractivity contribution is 0.223. The quantitative estimate of drug-likeness (QED) is 0.894. The second-order valence-corrected chi connectivity index (χ2v) is 7.79. The van der Waals surface area contributed by atoms with Crippen molar-refractivity contribution in [3.05, 3.63) is 29.8 Å². The first-order chi connectivity index (χ1) is 9.37. The van der Waals surface area contributed by atoms with Crippen molar-refractivity contribution in [2.24, 2.45) is 11.7 Å². The first kappa shape index (κ1) is 15.5. The fourth-order valence-electron chi connectivity index (χ4n) is 3.04. The van der Waals surface area contributed by atoms with Gasteiger partial charge in [0.05, 0.1) is 4.90 Å². The molecule has 2 atom stereocenters. The standard InChI is InChI=1S/C15H24N2O2S/c1-12-5-7-14(8-6-12)20(18,19)17-15(11-16)9-3-4-13(2)10-15/h5-8,13,17H,3-4,9-11,16H2,1-2H3. The molecule has 20 heavy (non-hydrogen) atoms. The van der Waals surface area contributed by atoms with Crippen molar-refractivity contribution >= 4 is 10.0 Å². The zero-order valence-electron chi connectivity index (χ0n) is 12.2. The molecule has 5 heteroatoms. The summed E-state index contributed by atoms with van der Waals surface area (Å²) in [6, 6.07) is 6.92. The maximum atomic E-state index is 12.5. The van der Waals surface area contributed by atoms with Gasteiger partial charge in [-0.15, -0.1) is 0 Å². The summed E-state index contributed by atoms with van der Waals surface area (Å²) in [5.74, 6) is 0.507. The number of rotatable bonds is 4. The molecule has 2 rings (SSSR count). The van der Waals surface area contributed by atoms with Crippen LogP contribution in [0.15, 0.2) is 29.2 Å². The minimum atomic E-state index is -3.50. The third-order valence-electron chi connectivity index (χ3n) is 4.16. The van der Waals surface area contributed by atoms with E-state index >= 15 is 0 Å². The van der Waals surface area contributed by atoms with Gasteiger partial charge < -0.3 is 5.73 Å². The lowest BCUT2D eigenvalue weighted by Gasteiger charge is -2.39. The van der Waals surface area contributed by atoms with Gasteiger partial charge in [-0.25, -0.2) is 13.1 Å². The highest BCUT2D eigenvalue weighted by Gasteiger charge is 2.37. The summed E-state index contributed by atoms with van der Waals surface area (Å²) in [6.07, 6.45) is 3.80. The van der Waals surface area contributed by atoms with Crippen molar-refractivity contribution in [3.63, 3.8) is 0 Å². The second-order valence-electron chi connectivity index (χ2n) is 6.10. The third kappa shape index (κ3) is 3.40. The van der Waals surface area contributed by atoms with Crippen LogP contribution in [0.4, 0.5) is 0 Å². The first-order valence-electron chi connectivity index (χ1n) is 7.18. The Bertz CT molecular complexity index is 554. The molecule has 0 saturated heterocycles. The number of nitrogens with one attached hydrogen (secondary N) is 1. The van der Waals surface area contributed by atoms with E-state index in [0.717, 1.165) is 31.2 Å². The zero-order chi connectivity index (χ0) is 14.8. The Morgan fingerprint density at radius 3 is 2.55 bits per heavy atom. The monoisotopic (exact) mass is 296 g/mol. The summed E-state index contributed by atoms with van der Waals surface area (Å²) in [5, 5.41) is 0. The number of hydrogen-bond donors (Lipinski definition) is 2. The van der Waals surface area contributed by atoms with Crippen LogP contribution in [0.2, 0.25) is 0 Å². The van der Waals surface area contributed by atoms with Crippen LogP contribution in [0.5, 0.6) is 0 Å². The molecule has 1 aromatic rings. The summed E-state index contributed by atoms with van der Waals surface area (Å²) < 4.78 is 27.9. The molecular weight excluding hydrogens is 272 g/mol. The van der Waals surface area contributed by atoms with Crippen LogP contribution in [0.1, 0.15) is 38.2 Å². The van der Waals surface area contributed by atoms with Crippen LogP contribution in [-0.2, 0) is 10.0 Å². The topological polar surface area (TPSA) is 72.2 Å². The normalized spacial score (nSPS) is 27.4. The van der Waals surface area contributed by atoms with Crippen LogP contribution >= 0.6 is 0 Å². The largest absolute Gasteiger partial charge is 0.329 e. The van der Waals surface area contributed by atoms with Gasteiger partial charge in [-0.2, -0.15) is 0 Å². The van der Waals surface area contributed by atoms with Crippen molar-refractivity contribution < 1.29 is 8.42 Å². The molecule has 0 radical (unpaired) electrons. The number of benzene rings is 1. The van der Waals surface area contributed by atoms with Crippen LogP contribution in [0, 0.1) is 12.8 Å². The smallest absolute Gasteiger partial charge is 0.241 e. The van der Waals surface area contributed by atoms with E-state index < -0.39 is 15.6 Å². The van der Waals surface area contributed by atoms with Gasteiger partial charge in [-0.3, -0.25) is 0 Å². The molecule has 0 spiro atoms. The minimum absolute atomic E-state index is 0.314. The second kappa shape index (κ2) is 5.84. The van der Waals surface area contributed by atoms with Gasteiger partial charge in [0.1, 0.15) is 0 Å². The molecule has 0 bridgehead atoms. The Labute approximate surface area is 121 Å². The average Bonchev–Trinajstić information content (AvgIpc) is 2.38. The summed E-state index contributed by atoms with van der Waals surface area (Å²) >= 11 is 0. The Kier molecular flexibility index (Phi) is 4.52. The molecule has 0 amide bonds. The predicted molar refractivity (Wildman–Crippen MR) is 80.9 cm³/mol. The third-order valence-corrected chi connectivity index (χ3v) is 5.76. The van der Waals surface area contributed by atoms with Gasteiger partial charge in [-0.05, 0) is 37.8 Å². The molecular formula is C15H24N2O2S. The van der Waals surface area contributed by atoms with Crippen LogP contribution < -0.4 is 10.5 Å². The molecule has 112 valence electrons. The van der Waals surface area contributed by atoms with E-state index in [1.54, 1.807) is 12.1 Å². The van der Waals surface area contributed by atoms with E-state index in [9.17, 15) is 8.42 Å². The Morgan fingerprint density at radius 2 is 2.00 bits per heavy atom. The lowest BCUT2D eigenvalue weighted by atomic mass is 9.77. The molecule has 1 aromatic carbocycles. The lowest BCUT2D eigenvalue weighted by Crippen LogP contribution is -2.55. The van der Waals surface area contributed by atoms with Crippen molar-refractivity contribution in [1.29, 1.82) is 0 Å². The van der Waals surface area contributed by atoms with Crippen LogP contribution in [0.25, 0.3) is 0 Å². The highest BCUT2D eigenvalue weighted by atomic mass is 32.2. The van der Waals surface area contributed by atoms with Gasteiger partial charge in [0.15, 0.2) is 0 Å². The fourth-order valence-corrected chi connectivity index (χ4v) is 4.49. The van der Waals surface area contributed by atoms with E-state index in [1.165, 1.54) is 0 Å². The SMILES string of the molecule is Cc1ccc(S(=O)(=O)NC2(CN)CCCC(C)C2)cc1. The predicted octanol–water partition coefficient (Wildman–Crippen LogP) is 2.18. The molecule has 4 nitrogen and oxygen atoms in total. The summed E-state index contributed by atoms with van der Waals surface area (Å²) in [5.41, 5.74) is 6.44. The van der Waals surface area contributed by atoms with Crippen molar-refractivity contribution in [3.8, 4) is 0 Å². The van der Waals surface area contributed by atoms with E-state index in [2.05, 4.69) is 11.6 Å². The van der Waals surface area contributed by atoms with Crippen molar-refractivity contribution in [2.45, 2.75) is 50.0 Å². The average molecular weight is 296 g/mol. The minimum Gasteiger partial charge on any atom is -0.329 e. The van der Waals surface area contributed by atoms with E-state index in [0.29, 0.717) is 17.4 Å². The first-order valence-corrected chi connectivity index (χ1v) is 8.66. The highest BCUT2D eigenvalue weighted by molar-refractivity contribution is 7.89. The van der Waals surface area contributed by atoms with Crippen molar-refractivity contribution in [2.75, 3.05) is 6.54 Å². The molecule has 0 aliphatic heterocycles. The van der Waals surface area contributed by atoms with Gasteiger partial charge in [0.25, 0.3) is 0 Å². The molecule has 1 aliphatic rings. The molecule has 1 fully saturated rings. The van der Waals surface area contributed by atoms with Crippen LogP contribution in [-0.4, -0.2) is 20.5 Å². The van der Waals surface area contributed by atoms with Gasteiger partial charge >= 0.3 is 0 Å². The van der Waals surface area contributed by atoms with E-state index in [-0.39, 0.29) is 0 Å². The summed E-state index contributed by atoms with van der Waals surface area (Å²) in [6.45, 7) is 4.44. The molecule has 0 aromatic heterocycles. The number of aryl methyl sites for hydroxylation is 1. The van der Waals surface area contributed by atoms with E-state index in [1.807, 2.05) is 19.1 Å². The number of nitrogens with two attached hydrogens (primary N) is 1. The number of sulfonamides is 1. The summed E-state index contributed by atoms with van der Waals surface area (Å²) in [7, 11) is -3.50. The number of hydrogen-bond acceptors (Lipinski definition) is 3. The molecule has 2 unspecified atom stereocenters. The van der Waals surface area contributed by atoms with Gasteiger partial charge in [0.2, 0.25) is 10.0 Å². The van der Waals surface area contributed by atoms with Crippen LogP contribution in [0.3, 0.4) is 0 Å². The Morgan fingerprint density at radius 1 is 1.35 bits per heavy atom. The fraction of sp³-hybridized carbons (Fsp3) is 0.600. The van der Waals surface area contributed by atoms with Gasteiger partial charge in [0, 0.05) is 12.1 Å². The maximum absolute atomic E-state index is 12.5. The van der Waals surface area contributed by atoms with E-state index in [4.69, 9.17) is 5.73 Å². The molecule has 1 saturated carbocycles. The van der Waals surface area contributed by atoms with Crippen molar-refractivity contribution in [1.82, 2.24) is 4.72 Å². The van der Waals surface area contributed by atoms with Gasteiger partial charge in [-0.1, -0.05) is 37.5 Å². The highest BCUT2D eigenvalue weighted by Crippen LogP contribution is 2.32. The molecule has 1 aliphatic carbocycles. The molecule has 0 heterocycles. The zero-order valence-corrected chi connectivity index (χ0v) is 13.0.